The van der Waals surface area contributed by atoms with Crippen LogP contribution in [0.2, 0.25) is 0 Å². The zero-order valence-electron chi connectivity index (χ0n) is 6.37. The average Bonchev–Trinajstić information content (AvgIpc) is 2.50. The molecule has 0 fully saturated rings. The van der Waals surface area contributed by atoms with E-state index < -0.39 is 0 Å². The Morgan fingerprint density at radius 2 is 2.55 bits per heavy atom. The summed E-state index contributed by atoms with van der Waals surface area (Å²) in [5.41, 5.74) is 6.76. The fraction of sp³-hybridized carbons (Fsp3) is 0.375. The third-order valence-corrected chi connectivity index (χ3v) is 2.47. The van der Waals surface area contributed by atoms with Gasteiger partial charge in [-0.2, -0.15) is 5.26 Å². The van der Waals surface area contributed by atoms with Gasteiger partial charge >= 0.3 is 0 Å². The number of nitrogens with zero attached hydrogens (tertiary/aromatic N) is 1. The molecule has 2 nitrogen and oxygen atoms in total. The highest BCUT2D eigenvalue weighted by Crippen LogP contribution is 2.22. The standard InChI is InChI=1S/C8H10N2S/c1-2-7(10)6-3-4-11-8(6)5-9/h3-4,7H,2,10H2,1H3/t7-/m0/s1. The Kier molecular flexibility index (Phi) is 2.64. The number of hydrogen-bond donors (Lipinski definition) is 1. The van der Waals surface area contributed by atoms with Crippen molar-refractivity contribution in [1.29, 1.82) is 5.26 Å². The first-order valence-corrected chi connectivity index (χ1v) is 4.40. The van der Waals surface area contributed by atoms with Gasteiger partial charge in [0, 0.05) is 6.04 Å². The molecule has 1 aromatic heterocycles. The molecule has 0 saturated carbocycles. The van der Waals surface area contributed by atoms with Crippen LogP contribution in [-0.2, 0) is 0 Å². The first kappa shape index (κ1) is 8.25. The molecule has 1 rings (SSSR count). The highest BCUT2D eigenvalue weighted by atomic mass is 32.1. The van der Waals surface area contributed by atoms with Gasteiger partial charge in [0.2, 0.25) is 0 Å². The fourth-order valence-corrected chi connectivity index (χ4v) is 1.68. The van der Waals surface area contributed by atoms with Crippen LogP contribution >= 0.6 is 11.3 Å². The van der Waals surface area contributed by atoms with Crippen LogP contribution in [0.15, 0.2) is 11.4 Å². The van der Waals surface area contributed by atoms with Crippen LogP contribution in [0.5, 0.6) is 0 Å². The average molecular weight is 166 g/mol. The molecule has 0 saturated heterocycles. The summed E-state index contributed by atoms with van der Waals surface area (Å²) in [7, 11) is 0. The van der Waals surface area contributed by atoms with Crippen molar-refractivity contribution in [3.05, 3.63) is 21.9 Å². The molecular formula is C8H10N2S. The van der Waals surface area contributed by atoms with Gasteiger partial charge in [0.1, 0.15) is 10.9 Å². The number of rotatable bonds is 2. The summed E-state index contributed by atoms with van der Waals surface area (Å²) < 4.78 is 0. The van der Waals surface area contributed by atoms with E-state index in [-0.39, 0.29) is 6.04 Å². The second-order valence-corrected chi connectivity index (χ2v) is 3.25. The summed E-state index contributed by atoms with van der Waals surface area (Å²) in [6.45, 7) is 2.02. The molecule has 0 bridgehead atoms. The van der Waals surface area contributed by atoms with Crippen LogP contribution in [0.3, 0.4) is 0 Å². The first-order valence-electron chi connectivity index (χ1n) is 3.52. The third-order valence-electron chi connectivity index (χ3n) is 1.64. The zero-order valence-corrected chi connectivity index (χ0v) is 7.19. The van der Waals surface area contributed by atoms with E-state index in [1.807, 2.05) is 18.4 Å². The van der Waals surface area contributed by atoms with Crippen molar-refractivity contribution in [3.63, 3.8) is 0 Å². The summed E-state index contributed by atoms with van der Waals surface area (Å²) in [4.78, 5) is 0.749. The Labute approximate surface area is 70.3 Å². The van der Waals surface area contributed by atoms with Gasteiger partial charge in [0.25, 0.3) is 0 Å². The normalized spacial score (nSPS) is 12.5. The Morgan fingerprint density at radius 3 is 3.09 bits per heavy atom. The van der Waals surface area contributed by atoms with Crippen molar-refractivity contribution < 1.29 is 0 Å². The van der Waals surface area contributed by atoms with Gasteiger partial charge in [-0.05, 0) is 23.4 Å². The van der Waals surface area contributed by atoms with Crippen LogP contribution in [0, 0.1) is 11.3 Å². The SMILES string of the molecule is CC[C@H](N)c1ccsc1C#N. The van der Waals surface area contributed by atoms with Gasteiger partial charge in [-0.3, -0.25) is 0 Å². The van der Waals surface area contributed by atoms with E-state index in [2.05, 4.69) is 6.07 Å². The van der Waals surface area contributed by atoms with Crippen LogP contribution < -0.4 is 5.73 Å². The topological polar surface area (TPSA) is 49.8 Å². The van der Waals surface area contributed by atoms with Gasteiger partial charge in [-0.25, -0.2) is 0 Å². The predicted molar refractivity (Wildman–Crippen MR) is 46.3 cm³/mol. The Balaban J connectivity index is 2.95. The smallest absolute Gasteiger partial charge is 0.110 e. The minimum Gasteiger partial charge on any atom is -0.324 e. The molecule has 1 aromatic rings. The molecule has 0 aliphatic rings. The van der Waals surface area contributed by atoms with Gasteiger partial charge in [-0.1, -0.05) is 6.92 Å². The van der Waals surface area contributed by atoms with Crippen molar-refractivity contribution in [2.24, 2.45) is 5.73 Å². The zero-order chi connectivity index (χ0) is 8.27. The second kappa shape index (κ2) is 3.51. The molecule has 1 atom stereocenters. The van der Waals surface area contributed by atoms with E-state index >= 15 is 0 Å². The molecule has 11 heavy (non-hydrogen) atoms. The number of hydrogen-bond acceptors (Lipinski definition) is 3. The van der Waals surface area contributed by atoms with Crippen LogP contribution in [0.1, 0.15) is 29.8 Å². The van der Waals surface area contributed by atoms with E-state index in [0.717, 1.165) is 16.9 Å². The summed E-state index contributed by atoms with van der Waals surface area (Å²) in [5.74, 6) is 0. The van der Waals surface area contributed by atoms with E-state index in [9.17, 15) is 0 Å². The molecule has 0 aliphatic carbocycles. The lowest BCUT2D eigenvalue weighted by Crippen LogP contribution is -2.08. The van der Waals surface area contributed by atoms with Gasteiger partial charge in [-0.15, -0.1) is 11.3 Å². The monoisotopic (exact) mass is 166 g/mol. The minimum absolute atomic E-state index is 0.0240. The van der Waals surface area contributed by atoms with Crippen LogP contribution in [-0.4, -0.2) is 0 Å². The quantitative estimate of drug-likeness (QED) is 0.730. The lowest BCUT2D eigenvalue weighted by atomic mass is 10.1. The van der Waals surface area contributed by atoms with Gasteiger partial charge in [0.05, 0.1) is 0 Å². The highest BCUT2D eigenvalue weighted by Gasteiger charge is 2.09. The van der Waals surface area contributed by atoms with Crippen LogP contribution in [0.4, 0.5) is 0 Å². The van der Waals surface area contributed by atoms with Gasteiger partial charge in [0.15, 0.2) is 0 Å². The molecule has 58 valence electrons. The van der Waals surface area contributed by atoms with Crippen LogP contribution in [0.25, 0.3) is 0 Å². The minimum atomic E-state index is 0.0240. The largest absolute Gasteiger partial charge is 0.324 e. The Morgan fingerprint density at radius 1 is 1.82 bits per heavy atom. The third kappa shape index (κ3) is 1.59. The van der Waals surface area contributed by atoms with Crippen molar-refractivity contribution in [2.75, 3.05) is 0 Å². The first-order chi connectivity index (χ1) is 5.29. The molecule has 2 N–H and O–H groups in total. The molecule has 0 aliphatic heterocycles. The molecule has 1 heterocycles. The number of nitrogens with two attached hydrogens (primary N) is 1. The van der Waals surface area contributed by atoms with E-state index in [1.165, 1.54) is 11.3 Å². The summed E-state index contributed by atoms with van der Waals surface area (Å²) in [6, 6.07) is 4.08. The lowest BCUT2D eigenvalue weighted by Gasteiger charge is -2.05. The highest BCUT2D eigenvalue weighted by molar-refractivity contribution is 7.10. The second-order valence-electron chi connectivity index (χ2n) is 2.33. The molecule has 3 heteroatoms. The van der Waals surface area contributed by atoms with E-state index in [0.29, 0.717) is 0 Å². The molecule has 0 spiro atoms. The van der Waals surface area contributed by atoms with Crippen molar-refractivity contribution in [1.82, 2.24) is 0 Å². The maximum absolute atomic E-state index is 8.66. The Hall–Kier alpha value is -0.850. The van der Waals surface area contributed by atoms with Crippen molar-refractivity contribution in [3.8, 4) is 6.07 Å². The maximum atomic E-state index is 8.66. The Bertz CT molecular complexity index is 272. The van der Waals surface area contributed by atoms with E-state index in [4.69, 9.17) is 11.0 Å². The van der Waals surface area contributed by atoms with E-state index in [1.54, 1.807) is 0 Å². The predicted octanol–water partition coefficient (Wildman–Crippen LogP) is 2.03. The maximum Gasteiger partial charge on any atom is 0.110 e. The molecule has 0 radical (unpaired) electrons. The fourth-order valence-electron chi connectivity index (χ4n) is 0.922. The molecular weight excluding hydrogens is 156 g/mol. The number of nitriles is 1. The van der Waals surface area contributed by atoms with Gasteiger partial charge < -0.3 is 5.73 Å². The number of thiophene rings is 1. The summed E-state index contributed by atoms with van der Waals surface area (Å²) in [6.07, 6.45) is 0.880. The van der Waals surface area contributed by atoms with Crippen molar-refractivity contribution in [2.45, 2.75) is 19.4 Å². The molecule has 0 aromatic carbocycles. The summed E-state index contributed by atoms with van der Waals surface area (Å²) in [5, 5.41) is 10.6. The summed E-state index contributed by atoms with van der Waals surface area (Å²) >= 11 is 1.45. The molecule has 0 unspecified atom stereocenters. The van der Waals surface area contributed by atoms with Crippen molar-refractivity contribution >= 4 is 11.3 Å². The lowest BCUT2D eigenvalue weighted by molar-refractivity contribution is 0.700. The molecule has 0 amide bonds.